The molecular formula is C15H15FN2OS. The summed E-state index contributed by atoms with van der Waals surface area (Å²) in [7, 11) is 0. The molecule has 0 bridgehead atoms. The number of thioether (sulfide) groups is 1. The molecule has 3 nitrogen and oxygen atoms in total. The molecule has 20 heavy (non-hydrogen) atoms. The maximum Gasteiger partial charge on any atom is 0.255 e. The normalized spacial score (nSPS) is 11.9. The topological polar surface area (TPSA) is 42.0 Å². The number of benzene rings is 1. The SMILES string of the molecule is CSC(C)c1cccc(NC(=O)c2ccnc(F)c2)c1. The van der Waals surface area contributed by atoms with Gasteiger partial charge in [-0.3, -0.25) is 4.79 Å². The fourth-order valence-electron chi connectivity index (χ4n) is 1.75. The Morgan fingerprint density at radius 3 is 2.85 bits per heavy atom. The predicted octanol–water partition coefficient (Wildman–Crippen LogP) is 3.90. The number of carbonyl (C=O) groups excluding carboxylic acids is 1. The van der Waals surface area contributed by atoms with Crippen molar-refractivity contribution in [3.63, 3.8) is 0 Å². The first-order valence-corrected chi connectivity index (χ1v) is 7.44. The zero-order valence-electron chi connectivity index (χ0n) is 11.3. The van der Waals surface area contributed by atoms with Crippen LogP contribution < -0.4 is 5.32 Å². The summed E-state index contributed by atoms with van der Waals surface area (Å²) in [6.45, 7) is 2.10. The number of carbonyl (C=O) groups is 1. The molecule has 1 N–H and O–H groups in total. The lowest BCUT2D eigenvalue weighted by Gasteiger charge is -2.11. The van der Waals surface area contributed by atoms with Crippen LogP contribution in [0.15, 0.2) is 42.6 Å². The van der Waals surface area contributed by atoms with Crippen molar-refractivity contribution in [2.75, 3.05) is 11.6 Å². The van der Waals surface area contributed by atoms with Gasteiger partial charge in [0.2, 0.25) is 5.95 Å². The van der Waals surface area contributed by atoms with Crippen molar-refractivity contribution in [1.29, 1.82) is 0 Å². The Kier molecular flexibility index (Phi) is 4.74. The van der Waals surface area contributed by atoms with E-state index in [1.165, 1.54) is 12.3 Å². The van der Waals surface area contributed by atoms with Gasteiger partial charge in [-0.2, -0.15) is 16.2 Å². The van der Waals surface area contributed by atoms with Crippen LogP contribution >= 0.6 is 11.8 Å². The molecule has 104 valence electrons. The van der Waals surface area contributed by atoms with Gasteiger partial charge >= 0.3 is 0 Å². The largest absolute Gasteiger partial charge is 0.322 e. The van der Waals surface area contributed by atoms with Gasteiger partial charge in [-0.25, -0.2) is 4.98 Å². The Morgan fingerprint density at radius 2 is 2.15 bits per heavy atom. The van der Waals surface area contributed by atoms with Crippen LogP contribution in [-0.4, -0.2) is 17.1 Å². The second-order valence-corrected chi connectivity index (χ2v) is 5.50. The van der Waals surface area contributed by atoms with E-state index in [4.69, 9.17) is 0 Å². The predicted molar refractivity (Wildman–Crippen MR) is 80.5 cm³/mol. The van der Waals surface area contributed by atoms with Gasteiger partial charge in [-0.15, -0.1) is 0 Å². The van der Waals surface area contributed by atoms with Crippen molar-refractivity contribution in [3.8, 4) is 0 Å². The van der Waals surface area contributed by atoms with Gasteiger partial charge in [0, 0.05) is 28.8 Å². The molecule has 2 aromatic rings. The Balaban J connectivity index is 2.16. The molecule has 5 heteroatoms. The third-order valence-electron chi connectivity index (χ3n) is 2.96. The first kappa shape index (κ1) is 14.5. The molecular weight excluding hydrogens is 275 g/mol. The number of nitrogens with one attached hydrogen (secondary N) is 1. The summed E-state index contributed by atoms with van der Waals surface area (Å²) in [4.78, 5) is 15.4. The molecule has 0 fully saturated rings. The lowest BCUT2D eigenvalue weighted by atomic mass is 10.1. The summed E-state index contributed by atoms with van der Waals surface area (Å²) in [5, 5.41) is 3.11. The van der Waals surface area contributed by atoms with Gasteiger partial charge in [-0.1, -0.05) is 12.1 Å². The van der Waals surface area contributed by atoms with E-state index in [0.29, 0.717) is 10.9 Å². The van der Waals surface area contributed by atoms with Gasteiger partial charge in [0.05, 0.1) is 0 Å². The number of nitrogens with zero attached hydrogens (tertiary/aromatic N) is 1. The second kappa shape index (κ2) is 6.52. The third kappa shape index (κ3) is 3.57. The van der Waals surface area contributed by atoms with Crippen LogP contribution in [0.25, 0.3) is 0 Å². The molecule has 0 aliphatic carbocycles. The van der Waals surface area contributed by atoms with E-state index >= 15 is 0 Å². The van der Waals surface area contributed by atoms with Crippen molar-refractivity contribution in [2.24, 2.45) is 0 Å². The standard InChI is InChI=1S/C15H15FN2OS/c1-10(20-2)11-4-3-5-13(8-11)18-15(19)12-6-7-17-14(16)9-12/h3-10H,1-2H3,(H,18,19). The fourth-order valence-corrected chi connectivity index (χ4v) is 2.17. The van der Waals surface area contributed by atoms with Crippen LogP contribution in [0, 0.1) is 5.95 Å². The highest BCUT2D eigenvalue weighted by atomic mass is 32.2. The average molecular weight is 290 g/mol. The van der Waals surface area contributed by atoms with Crippen LogP contribution in [0.1, 0.15) is 28.1 Å². The minimum Gasteiger partial charge on any atom is -0.322 e. The molecule has 1 aromatic carbocycles. The molecule has 1 heterocycles. The van der Waals surface area contributed by atoms with E-state index in [-0.39, 0.29) is 11.5 Å². The van der Waals surface area contributed by atoms with Crippen molar-refractivity contribution in [3.05, 3.63) is 59.7 Å². The second-order valence-electron chi connectivity index (χ2n) is 4.32. The zero-order valence-corrected chi connectivity index (χ0v) is 12.1. The monoisotopic (exact) mass is 290 g/mol. The third-order valence-corrected chi connectivity index (χ3v) is 3.94. The molecule has 0 saturated heterocycles. The molecule has 1 amide bonds. The van der Waals surface area contributed by atoms with Crippen molar-refractivity contribution in [1.82, 2.24) is 4.98 Å². The van der Waals surface area contributed by atoms with Gasteiger partial charge < -0.3 is 5.32 Å². The molecule has 0 saturated carbocycles. The van der Waals surface area contributed by atoms with E-state index < -0.39 is 5.95 Å². The molecule has 1 aromatic heterocycles. The molecule has 1 unspecified atom stereocenters. The zero-order chi connectivity index (χ0) is 14.5. The van der Waals surface area contributed by atoms with Gasteiger partial charge in [0.1, 0.15) is 0 Å². The Labute approximate surface area is 121 Å². The lowest BCUT2D eigenvalue weighted by molar-refractivity contribution is 0.102. The number of halogens is 1. The van der Waals surface area contributed by atoms with E-state index in [1.54, 1.807) is 11.8 Å². The van der Waals surface area contributed by atoms with Gasteiger partial charge in [0.15, 0.2) is 0 Å². The van der Waals surface area contributed by atoms with E-state index in [9.17, 15) is 9.18 Å². The van der Waals surface area contributed by atoms with Crippen molar-refractivity contribution in [2.45, 2.75) is 12.2 Å². The lowest BCUT2D eigenvalue weighted by Crippen LogP contribution is -2.12. The highest BCUT2D eigenvalue weighted by molar-refractivity contribution is 7.98. The summed E-state index contributed by atoms with van der Waals surface area (Å²) in [6, 6.07) is 10.2. The van der Waals surface area contributed by atoms with Gasteiger partial charge in [-0.05, 0) is 36.9 Å². The number of aromatic nitrogens is 1. The van der Waals surface area contributed by atoms with Crippen LogP contribution in [0.3, 0.4) is 0 Å². The van der Waals surface area contributed by atoms with Crippen LogP contribution in [-0.2, 0) is 0 Å². The smallest absolute Gasteiger partial charge is 0.255 e. The number of amides is 1. The van der Waals surface area contributed by atoms with Gasteiger partial charge in [0.25, 0.3) is 5.91 Å². The molecule has 1 atom stereocenters. The van der Waals surface area contributed by atoms with E-state index in [1.807, 2.05) is 30.5 Å². The Morgan fingerprint density at radius 1 is 1.35 bits per heavy atom. The molecule has 2 rings (SSSR count). The summed E-state index contributed by atoms with van der Waals surface area (Å²) >= 11 is 1.73. The average Bonchev–Trinajstić information content (AvgIpc) is 2.46. The number of hydrogen-bond donors (Lipinski definition) is 1. The Bertz CT molecular complexity index is 618. The highest BCUT2D eigenvalue weighted by Gasteiger charge is 2.09. The minimum absolute atomic E-state index is 0.251. The number of anilines is 1. The molecule has 0 aliphatic rings. The van der Waals surface area contributed by atoms with E-state index in [2.05, 4.69) is 17.2 Å². The first-order chi connectivity index (χ1) is 9.60. The summed E-state index contributed by atoms with van der Waals surface area (Å²) in [5.74, 6) is -1.01. The molecule has 0 aliphatic heterocycles. The Hall–Kier alpha value is -1.88. The van der Waals surface area contributed by atoms with Crippen LogP contribution in [0.2, 0.25) is 0 Å². The molecule has 0 radical (unpaired) electrons. The van der Waals surface area contributed by atoms with Crippen molar-refractivity contribution < 1.29 is 9.18 Å². The quantitative estimate of drug-likeness (QED) is 0.868. The van der Waals surface area contributed by atoms with Crippen LogP contribution in [0.5, 0.6) is 0 Å². The minimum atomic E-state index is -0.664. The maximum atomic E-state index is 13.0. The molecule has 0 spiro atoms. The number of pyridine rings is 1. The first-order valence-electron chi connectivity index (χ1n) is 6.16. The number of rotatable bonds is 4. The van der Waals surface area contributed by atoms with Crippen molar-refractivity contribution >= 4 is 23.4 Å². The summed E-state index contributed by atoms with van der Waals surface area (Å²) < 4.78 is 13.0. The fraction of sp³-hybridized carbons (Fsp3) is 0.200. The summed E-state index contributed by atoms with van der Waals surface area (Å²) in [5.41, 5.74) is 2.09. The highest BCUT2D eigenvalue weighted by Crippen LogP contribution is 2.27. The van der Waals surface area contributed by atoms with Crippen LogP contribution in [0.4, 0.5) is 10.1 Å². The van der Waals surface area contributed by atoms with E-state index in [0.717, 1.165) is 11.6 Å². The summed E-state index contributed by atoms with van der Waals surface area (Å²) in [6.07, 6.45) is 3.31. The number of hydrogen-bond acceptors (Lipinski definition) is 3. The maximum absolute atomic E-state index is 13.0.